The minimum absolute atomic E-state index is 0.0680. The SMILES string of the molecule is Fc1ccc(CNC2CCCC2)cc1N1CCCCCC1. The predicted octanol–water partition coefficient (Wildman–Crippen LogP) is 4.24. The van der Waals surface area contributed by atoms with Gasteiger partial charge in [-0.2, -0.15) is 0 Å². The number of anilines is 1. The first-order valence-electron chi connectivity index (χ1n) is 8.60. The number of hydrogen-bond donors (Lipinski definition) is 1. The van der Waals surface area contributed by atoms with Gasteiger partial charge in [-0.25, -0.2) is 4.39 Å². The standard InChI is InChI=1S/C18H27FN2/c19-17-10-9-15(14-20-16-7-3-4-8-16)13-18(17)21-11-5-1-2-6-12-21/h9-10,13,16,20H,1-8,11-12,14H2. The Balaban J connectivity index is 1.66. The normalized spacial score (nSPS) is 20.7. The number of nitrogens with one attached hydrogen (secondary N) is 1. The molecule has 1 heterocycles. The summed E-state index contributed by atoms with van der Waals surface area (Å²) in [6, 6.07) is 6.30. The van der Waals surface area contributed by atoms with Crippen molar-refractivity contribution in [3.63, 3.8) is 0 Å². The molecule has 1 aliphatic heterocycles. The first kappa shape index (κ1) is 14.8. The second-order valence-corrected chi connectivity index (χ2v) is 6.55. The van der Waals surface area contributed by atoms with Gasteiger partial charge in [0.05, 0.1) is 5.69 Å². The highest BCUT2D eigenvalue weighted by atomic mass is 19.1. The van der Waals surface area contributed by atoms with Gasteiger partial charge in [0.25, 0.3) is 0 Å². The number of nitrogens with zero attached hydrogens (tertiary/aromatic N) is 1. The fraction of sp³-hybridized carbons (Fsp3) is 0.667. The van der Waals surface area contributed by atoms with Crippen molar-refractivity contribution < 1.29 is 4.39 Å². The van der Waals surface area contributed by atoms with Crippen LogP contribution in [0.4, 0.5) is 10.1 Å². The zero-order valence-corrected chi connectivity index (χ0v) is 12.9. The van der Waals surface area contributed by atoms with Crippen molar-refractivity contribution in [2.24, 2.45) is 0 Å². The Bertz CT molecular complexity index is 447. The molecule has 0 amide bonds. The Labute approximate surface area is 127 Å². The minimum Gasteiger partial charge on any atom is -0.369 e. The highest BCUT2D eigenvalue weighted by molar-refractivity contribution is 5.50. The largest absolute Gasteiger partial charge is 0.369 e. The summed E-state index contributed by atoms with van der Waals surface area (Å²) in [6.45, 7) is 2.86. The van der Waals surface area contributed by atoms with Crippen molar-refractivity contribution in [1.82, 2.24) is 5.32 Å². The average molecular weight is 290 g/mol. The molecule has 0 aromatic heterocycles. The van der Waals surface area contributed by atoms with Crippen LogP contribution in [-0.4, -0.2) is 19.1 Å². The molecule has 1 aromatic carbocycles. The maximum atomic E-state index is 14.2. The van der Waals surface area contributed by atoms with E-state index in [1.165, 1.54) is 56.9 Å². The molecule has 1 saturated heterocycles. The predicted molar refractivity (Wildman–Crippen MR) is 86.2 cm³/mol. The highest BCUT2D eigenvalue weighted by Crippen LogP contribution is 2.25. The van der Waals surface area contributed by atoms with E-state index in [1.807, 2.05) is 6.07 Å². The van der Waals surface area contributed by atoms with Crippen molar-refractivity contribution in [2.45, 2.75) is 64.0 Å². The van der Waals surface area contributed by atoms with Crippen LogP contribution >= 0.6 is 0 Å². The van der Waals surface area contributed by atoms with E-state index in [-0.39, 0.29) is 5.82 Å². The van der Waals surface area contributed by atoms with Crippen LogP contribution in [0.15, 0.2) is 18.2 Å². The van der Waals surface area contributed by atoms with Crippen molar-refractivity contribution in [2.75, 3.05) is 18.0 Å². The lowest BCUT2D eigenvalue weighted by atomic mass is 10.1. The van der Waals surface area contributed by atoms with Crippen LogP contribution in [0.3, 0.4) is 0 Å². The van der Waals surface area contributed by atoms with E-state index in [0.717, 1.165) is 25.3 Å². The molecule has 0 radical (unpaired) electrons. The summed E-state index contributed by atoms with van der Waals surface area (Å²) < 4.78 is 14.2. The van der Waals surface area contributed by atoms with Crippen molar-refractivity contribution >= 4 is 5.69 Å². The molecule has 1 saturated carbocycles. The molecule has 3 heteroatoms. The Morgan fingerprint density at radius 1 is 1.00 bits per heavy atom. The van der Waals surface area contributed by atoms with E-state index in [2.05, 4.69) is 16.3 Å². The Hall–Kier alpha value is -1.09. The van der Waals surface area contributed by atoms with E-state index in [0.29, 0.717) is 6.04 Å². The van der Waals surface area contributed by atoms with Gasteiger partial charge >= 0.3 is 0 Å². The van der Waals surface area contributed by atoms with Gasteiger partial charge in [-0.15, -0.1) is 0 Å². The number of halogens is 1. The van der Waals surface area contributed by atoms with Crippen LogP contribution in [0.5, 0.6) is 0 Å². The quantitative estimate of drug-likeness (QED) is 0.892. The second-order valence-electron chi connectivity index (χ2n) is 6.55. The summed E-state index contributed by atoms with van der Waals surface area (Å²) in [5.74, 6) is -0.0680. The summed E-state index contributed by atoms with van der Waals surface area (Å²) in [5, 5.41) is 3.62. The van der Waals surface area contributed by atoms with E-state index < -0.39 is 0 Å². The molecule has 1 N–H and O–H groups in total. The summed E-state index contributed by atoms with van der Waals surface area (Å²) in [7, 11) is 0. The molecule has 116 valence electrons. The zero-order chi connectivity index (χ0) is 14.5. The average Bonchev–Trinajstić information content (AvgIpc) is 2.87. The van der Waals surface area contributed by atoms with Crippen LogP contribution in [0.1, 0.15) is 56.9 Å². The molecular formula is C18H27FN2. The first-order valence-corrected chi connectivity index (χ1v) is 8.60. The molecule has 1 aromatic rings. The summed E-state index contributed by atoms with van der Waals surface area (Å²) in [5.41, 5.74) is 2.02. The summed E-state index contributed by atoms with van der Waals surface area (Å²) in [4.78, 5) is 2.24. The lowest BCUT2D eigenvalue weighted by Gasteiger charge is -2.24. The van der Waals surface area contributed by atoms with Gasteiger partial charge in [-0.05, 0) is 43.4 Å². The molecule has 0 atom stereocenters. The van der Waals surface area contributed by atoms with E-state index in [9.17, 15) is 4.39 Å². The van der Waals surface area contributed by atoms with E-state index in [4.69, 9.17) is 0 Å². The van der Waals surface area contributed by atoms with Crippen LogP contribution < -0.4 is 10.2 Å². The molecule has 21 heavy (non-hydrogen) atoms. The third-order valence-corrected chi connectivity index (χ3v) is 4.91. The number of benzene rings is 1. The molecule has 0 unspecified atom stereocenters. The lowest BCUT2D eigenvalue weighted by Crippen LogP contribution is -2.27. The van der Waals surface area contributed by atoms with Gasteiger partial charge in [0, 0.05) is 25.7 Å². The summed E-state index contributed by atoms with van der Waals surface area (Å²) in [6.07, 6.45) is 10.2. The summed E-state index contributed by atoms with van der Waals surface area (Å²) >= 11 is 0. The Morgan fingerprint density at radius 3 is 2.43 bits per heavy atom. The van der Waals surface area contributed by atoms with Crippen molar-refractivity contribution in [1.29, 1.82) is 0 Å². The minimum atomic E-state index is -0.0680. The molecular weight excluding hydrogens is 263 g/mol. The fourth-order valence-electron chi connectivity index (χ4n) is 3.61. The molecule has 0 spiro atoms. The van der Waals surface area contributed by atoms with Crippen LogP contribution in [0.2, 0.25) is 0 Å². The smallest absolute Gasteiger partial charge is 0.146 e. The van der Waals surface area contributed by atoms with E-state index >= 15 is 0 Å². The third-order valence-electron chi connectivity index (χ3n) is 4.91. The van der Waals surface area contributed by atoms with Gasteiger partial charge < -0.3 is 10.2 Å². The number of hydrogen-bond acceptors (Lipinski definition) is 2. The molecule has 2 nitrogen and oxygen atoms in total. The molecule has 0 bridgehead atoms. The Kier molecular flexibility index (Phi) is 5.13. The van der Waals surface area contributed by atoms with Gasteiger partial charge in [0.1, 0.15) is 5.82 Å². The first-order chi connectivity index (χ1) is 10.3. The van der Waals surface area contributed by atoms with Gasteiger partial charge in [-0.1, -0.05) is 31.7 Å². The molecule has 2 aliphatic rings. The van der Waals surface area contributed by atoms with Crippen molar-refractivity contribution in [3.05, 3.63) is 29.6 Å². The molecule has 3 rings (SSSR count). The fourth-order valence-corrected chi connectivity index (χ4v) is 3.61. The Morgan fingerprint density at radius 2 is 1.71 bits per heavy atom. The van der Waals surface area contributed by atoms with Crippen LogP contribution in [0.25, 0.3) is 0 Å². The topological polar surface area (TPSA) is 15.3 Å². The van der Waals surface area contributed by atoms with Gasteiger partial charge in [-0.3, -0.25) is 0 Å². The third kappa shape index (κ3) is 3.97. The van der Waals surface area contributed by atoms with Gasteiger partial charge in [0.2, 0.25) is 0 Å². The number of rotatable bonds is 4. The van der Waals surface area contributed by atoms with Crippen LogP contribution in [0, 0.1) is 5.82 Å². The monoisotopic (exact) mass is 290 g/mol. The van der Waals surface area contributed by atoms with Crippen LogP contribution in [-0.2, 0) is 6.54 Å². The zero-order valence-electron chi connectivity index (χ0n) is 12.9. The molecule has 1 aliphatic carbocycles. The maximum Gasteiger partial charge on any atom is 0.146 e. The van der Waals surface area contributed by atoms with E-state index in [1.54, 1.807) is 6.07 Å². The second kappa shape index (κ2) is 7.26. The highest BCUT2D eigenvalue weighted by Gasteiger charge is 2.16. The maximum absolute atomic E-state index is 14.2. The van der Waals surface area contributed by atoms with Gasteiger partial charge in [0.15, 0.2) is 0 Å². The van der Waals surface area contributed by atoms with Crippen molar-refractivity contribution in [3.8, 4) is 0 Å². The lowest BCUT2D eigenvalue weighted by molar-refractivity contribution is 0.523. The molecule has 2 fully saturated rings.